The number of benzene rings is 1. The number of nitrogens with zero attached hydrogens (tertiary/aromatic N) is 2. The molecular formula is C20H22N2O3. The van der Waals surface area contributed by atoms with E-state index < -0.39 is 5.97 Å². The first-order valence-corrected chi connectivity index (χ1v) is 8.48. The SMILES string of the molecule is CC(C)c1ccc(Cc2noc3nc(C(C)C)cc(C(=O)O)c23)cc1. The number of carboxylic acids is 1. The van der Waals surface area contributed by atoms with Gasteiger partial charge in [0.25, 0.3) is 5.71 Å². The van der Waals surface area contributed by atoms with Crippen LogP contribution in [0.1, 0.15) is 72.4 Å². The minimum atomic E-state index is -0.992. The highest BCUT2D eigenvalue weighted by atomic mass is 16.5. The maximum atomic E-state index is 11.7. The normalized spacial score (nSPS) is 11.6. The highest BCUT2D eigenvalue weighted by molar-refractivity contribution is 6.02. The largest absolute Gasteiger partial charge is 0.478 e. The van der Waals surface area contributed by atoms with Crippen LogP contribution in [-0.2, 0) is 6.42 Å². The lowest BCUT2D eigenvalue weighted by molar-refractivity contribution is 0.0698. The van der Waals surface area contributed by atoms with Crippen molar-refractivity contribution >= 4 is 17.1 Å². The van der Waals surface area contributed by atoms with Crippen molar-refractivity contribution < 1.29 is 14.4 Å². The minimum Gasteiger partial charge on any atom is -0.478 e. The van der Waals surface area contributed by atoms with E-state index in [1.54, 1.807) is 6.07 Å². The van der Waals surface area contributed by atoms with Gasteiger partial charge >= 0.3 is 5.97 Å². The average molecular weight is 338 g/mol. The second-order valence-corrected chi connectivity index (χ2v) is 6.94. The van der Waals surface area contributed by atoms with Crippen molar-refractivity contribution in [3.8, 4) is 0 Å². The van der Waals surface area contributed by atoms with E-state index in [1.165, 1.54) is 5.56 Å². The van der Waals surface area contributed by atoms with Gasteiger partial charge < -0.3 is 9.63 Å². The van der Waals surface area contributed by atoms with Gasteiger partial charge in [-0.2, -0.15) is 0 Å². The summed E-state index contributed by atoms with van der Waals surface area (Å²) in [5.74, 6) is -0.410. The lowest BCUT2D eigenvalue weighted by atomic mass is 9.98. The Labute approximate surface area is 146 Å². The van der Waals surface area contributed by atoms with Crippen LogP contribution in [0.2, 0.25) is 0 Å². The molecule has 0 amide bonds. The zero-order chi connectivity index (χ0) is 18.1. The number of pyridine rings is 1. The van der Waals surface area contributed by atoms with Crippen LogP contribution in [0.3, 0.4) is 0 Å². The third-order valence-corrected chi connectivity index (χ3v) is 4.38. The van der Waals surface area contributed by atoms with E-state index in [4.69, 9.17) is 4.52 Å². The Bertz CT molecular complexity index is 909. The summed E-state index contributed by atoms with van der Waals surface area (Å²) in [6, 6.07) is 9.90. The lowest BCUT2D eigenvalue weighted by Gasteiger charge is -2.07. The summed E-state index contributed by atoms with van der Waals surface area (Å²) in [4.78, 5) is 16.1. The summed E-state index contributed by atoms with van der Waals surface area (Å²) in [5.41, 5.74) is 4.11. The van der Waals surface area contributed by atoms with Crippen LogP contribution >= 0.6 is 0 Å². The van der Waals surface area contributed by atoms with Gasteiger partial charge in [0.2, 0.25) is 0 Å². The van der Waals surface area contributed by atoms with Crippen LogP contribution in [0.25, 0.3) is 11.1 Å². The van der Waals surface area contributed by atoms with Crippen LogP contribution in [0, 0.1) is 0 Å². The van der Waals surface area contributed by atoms with Gasteiger partial charge in [-0.1, -0.05) is 57.1 Å². The first-order chi connectivity index (χ1) is 11.9. The molecule has 2 aromatic heterocycles. The minimum absolute atomic E-state index is 0.111. The summed E-state index contributed by atoms with van der Waals surface area (Å²) in [5, 5.41) is 14.2. The van der Waals surface area contributed by atoms with Gasteiger partial charge in [-0.05, 0) is 29.0 Å². The number of aromatic carboxylic acids is 1. The number of carbonyl (C=O) groups is 1. The molecule has 0 spiro atoms. The Morgan fingerprint density at radius 3 is 2.36 bits per heavy atom. The Morgan fingerprint density at radius 2 is 1.80 bits per heavy atom. The number of hydrogen-bond acceptors (Lipinski definition) is 4. The molecule has 3 aromatic rings. The molecule has 0 bridgehead atoms. The molecule has 0 unspecified atom stereocenters. The molecule has 2 heterocycles. The molecule has 0 atom stereocenters. The summed E-state index contributed by atoms with van der Waals surface area (Å²) in [6.45, 7) is 8.23. The van der Waals surface area contributed by atoms with Crippen molar-refractivity contribution in [3.05, 3.63) is 58.4 Å². The Hall–Kier alpha value is -2.69. The van der Waals surface area contributed by atoms with Crippen LogP contribution in [-0.4, -0.2) is 21.2 Å². The first-order valence-electron chi connectivity index (χ1n) is 8.48. The second kappa shape index (κ2) is 6.67. The molecule has 3 rings (SSSR count). The van der Waals surface area contributed by atoms with E-state index in [9.17, 15) is 9.90 Å². The van der Waals surface area contributed by atoms with Crippen molar-refractivity contribution in [2.75, 3.05) is 0 Å². The smallest absolute Gasteiger partial charge is 0.336 e. The van der Waals surface area contributed by atoms with E-state index in [0.717, 1.165) is 5.56 Å². The number of rotatable bonds is 5. The number of aromatic nitrogens is 2. The monoisotopic (exact) mass is 338 g/mol. The van der Waals surface area contributed by atoms with Crippen molar-refractivity contribution in [1.29, 1.82) is 0 Å². The molecule has 1 aromatic carbocycles. The maximum Gasteiger partial charge on any atom is 0.336 e. The first kappa shape index (κ1) is 17.1. The van der Waals surface area contributed by atoms with E-state index in [-0.39, 0.29) is 17.2 Å². The highest BCUT2D eigenvalue weighted by Crippen LogP contribution is 2.27. The molecule has 0 radical (unpaired) electrons. The van der Waals surface area contributed by atoms with Gasteiger partial charge in [-0.15, -0.1) is 0 Å². The molecule has 0 fully saturated rings. The maximum absolute atomic E-state index is 11.7. The van der Waals surface area contributed by atoms with E-state index >= 15 is 0 Å². The Kier molecular flexibility index (Phi) is 4.57. The third-order valence-electron chi connectivity index (χ3n) is 4.38. The topological polar surface area (TPSA) is 76.2 Å². The van der Waals surface area contributed by atoms with E-state index in [2.05, 4.69) is 36.1 Å². The molecule has 0 aliphatic rings. The van der Waals surface area contributed by atoms with Crippen LogP contribution < -0.4 is 0 Å². The van der Waals surface area contributed by atoms with Crippen molar-refractivity contribution in [1.82, 2.24) is 10.1 Å². The quantitative estimate of drug-likeness (QED) is 0.726. The summed E-state index contributed by atoms with van der Waals surface area (Å²) in [6.07, 6.45) is 0.508. The average Bonchev–Trinajstić information content (AvgIpc) is 2.97. The van der Waals surface area contributed by atoms with Crippen LogP contribution in [0.4, 0.5) is 0 Å². The highest BCUT2D eigenvalue weighted by Gasteiger charge is 2.21. The Morgan fingerprint density at radius 1 is 1.12 bits per heavy atom. The van der Waals surface area contributed by atoms with Gasteiger partial charge in [-0.25, -0.2) is 9.78 Å². The standard InChI is InChI=1S/C20H22N2O3/c1-11(2)14-7-5-13(6-8-14)9-17-18-15(20(23)24)10-16(12(3)4)21-19(18)25-22-17/h5-8,10-12H,9H2,1-4H3,(H,23,24). The fraction of sp³-hybridized carbons (Fsp3) is 0.350. The van der Waals surface area contributed by atoms with Crippen molar-refractivity contribution in [2.24, 2.45) is 0 Å². The Balaban J connectivity index is 2.03. The fourth-order valence-corrected chi connectivity index (χ4v) is 2.83. The van der Waals surface area contributed by atoms with Gasteiger partial charge in [0, 0.05) is 12.1 Å². The molecule has 0 aliphatic heterocycles. The van der Waals surface area contributed by atoms with Crippen molar-refractivity contribution in [2.45, 2.75) is 46.0 Å². The van der Waals surface area contributed by atoms with Crippen LogP contribution in [0.5, 0.6) is 0 Å². The van der Waals surface area contributed by atoms with Crippen molar-refractivity contribution in [3.63, 3.8) is 0 Å². The molecule has 5 heteroatoms. The molecule has 0 saturated carbocycles. The molecular weight excluding hydrogens is 316 g/mol. The van der Waals surface area contributed by atoms with Gasteiger partial charge in [0.15, 0.2) is 0 Å². The molecule has 0 saturated heterocycles. The second-order valence-electron chi connectivity index (χ2n) is 6.94. The summed E-state index contributed by atoms with van der Waals surface area (Å²) < 4.78 is 5.34. The van der Waals surface area contributed by atoms with Gasteiger partial charge in [-0.3, -0.25) is 0 Å². The lowest BCUT2D eigenvalue weighted by Crippen LogP contribution is -2.03. The zero-order valence-corrected chi connectivity index (χ0v) is 14.9. The van der Waals surface area contributed by atoms with Gasteiger partial charge in [0.05, 0.1) is 16.6 Å². The number of fused-ring (bicyclic) bond motifs is 1. The molecule has 25 heavy (non-hydrogen) atoms. The predicted molar refractivity (Wildman–Crippen MR) is 96.2 cm³/mol. The molecule has 130 valence electrons. The van der Waals surface area contributed by atoms with Crippen LogP contribution in [0.15, 0.2) is 34.9 Å². The molecule has 5 nitrogen and oxygen atoms in total. The van der Waals surface area contributed by atoms with E-state index in [1.807, 2.05) is 26.0 Å². The third kappa shape index (κ3) is 3.40. The fourth-order valence-electron chi connectivity index (χ4n) is 2.83. The van der Waals surface area contributed by atoms with Gasteiger partial charge in [0.1, 0.15) is 0 Å². The number of hydrogen-bond donors (Lipinski definition) is 1. The molecule has 0 aliphatic carbocycles. The number of carboxylic acid groups (broad SMARTS) is 1. The van der Waals surface area contributed by atoms with E-state index in [0.29, 0.717) is 29.1 Å². The zero-order valence-electron chi connectivity index (χ0n) is 14.9. The predicted octanol–water partition coefficient (Wildman–Crippen LogP) is 4.76. The summed E-state index contributed by atoms with van der Waals surface area (Å²) >= 11 is 0. The summed E-state index contributed by atoms with van der Waals surface area (Å²) in [7, 11) is 0. The molecule has 1 N–H and O–H groups in total.